The molecule has 0 aliphatic heterocycles. The average molecular weight is 284 g/mol. The highest BCUT2D eigenvalue weighted by atomic mass is 19.4. The number of hydrogen-bond acceptors (Lipinski definition) is 3. The maximum atomic E-state index is 12.5. The monoisotopic (exact) mass is 284 g/mol. The Balaban J connectivity index is 2.12. The summed E-state index contributed by atoms with van der Waals surface area (Å²) in [6.07, 6.45) is -2.46. The van der Waals surface area contributed by atoms with E-state index in [-0.39, 0.29) is 0 Å². The summed E-state index contributed by atoms with van der Waals surface area (Å²) in [6, 6.07) is 4.48. The van der Waals surface area contributed by atoms with Crippen LogP contribution in [0.25, 0.3) is 0 Å². The zero-order chi connectivity index (χ0) is 14.8. The SMILES string of the molecule is CCn1ncnc1CC(N)c1ccc(C(F)(F)F)cc1. The number of aromatic nitrogens is 3. The minimum atomic E-state index is -4.33. The number of aryl methyl sites for hydroxylation is 1. The van der Waals surface area contributed by atoms with Crippen molar-refractivity contribution >= 4 is 0 Å². The highest BCUT2D eigenvalue weighted by Gasteiger charge is 2.30. The number of halogens is 3. The van der Waals surface area contributed by atoms with Crippen molar-refractivity contribution in [1.29, 1.82) is 0 Å². The zero-order valence-electron chi connectivity index (χ0n) is 10.9. The first-order valence-electron chi connectivity index (χ1n) is 6.21. The van der Waals surface area contributed by atoms with Gasteiger partial charge < -0.3 is 5.73 Å². The van der Waals surface area contributed by atoms with Crippen molar-refractivity contribution in [1.82, 2.24) is 14.8 Å². The van der Waals surface area contributed by atoms with Crippen LogP contribution in [0.15, 0.2) is 30.6 Å². The van der Waals surface area contributed by atoms with Crippen molar-refractivity contribution in [3.63, 3.8) is 0 Å². The molecule has 7 heteroatoms. The smallest absolute Gasteiger partial charge is 0.324 e. The molecular formula is C13H15F3N4. The van der Waals surface area contributed by atoms with E-state index in [0.717, 1.165) is 18.0 Å². The van der Waals surface area contributed by atoms with E-state index >= 15 is 0 Å². The van der Waals surface area contributed by atoms with E-state index < -0.39 is 17.8 Å². The molecule has 0 saturated heterocycles. The summed E-state index contributed by atoms with van der Waals surface area (Å²) >= 11 is 0. The van der Waals surface area contributed by atoms with Crippen molar-refractivity contribution in [3.8, 4) is 0 Å². The van der Waals surface area contributed by atoms with E-state index in [1.54, 1.807) is 4.68 Å². The maximum Gasteiger partial charge on any atom is 0.416 e. The normalized spacial score (nSPS) is 13.4. The molecule has 1 atom stereocenters. The van der Waals surface area contributed by atoms with Gasteiger partial charge in [0.2, 0.25) is 0 Å². The lowest BCUT2D eigenvalue weighted by Crippen LogP contribution is -2.17. The number of rotatable bonds is 4. The Kier molecular flexibility index (Phi) is 4.08. The topological polar surface area (TPSA) is 56.7 Å². The van der Waals surface area contributed by atoms with E-state index in [0.29, 0.717) is 18.5 Å². The van der Waals surface area contributed by atoms with Gasteiger partial charge in [0.1, 0.15) is 12.2 Å². The Morgan fingerprint density at radius 2 is 1.90 bits per heavy atom. The van der Waals surface area contributed by atoms with E-state index in [1.165, 1.54) is 18.5 Å². The molecule has 0 spiro atoms. The summed E-state index contributed by atoms with van der Waals surface area (Å²) in [7, 11) is 0. The molecule has 0 saturated carbocycles. The number of hydrogen-bond donors (Lipinski definition) is 1. The quantitative estimate of drug-likeness (QED) is 0.938. The second-order valence-corrected chi connectivity index (χ2v) is 4.42. The number of nitrogens with two attached hydrogens (primary N) is 1. The van der Waals surface area contributed by atoms with Crippen LogP contribution in [0.3, 0.4) is 0 Å². The highest BCUT2D eigenvalue weighted by molar-refractivity contribution is 5.27. The standard InChI is InChI=1S/C13H15F3N4/c1-2-20-12(18-8-19-20)7-11(17)9-3-5-10(6-4-9)13(14,15)16/h3-6,8,11H,2,7,17H2,1H3. The van der Waals surface area contributed by atoms with Crippen LogP contribution in [-0.2, 0) is 19.1 Å². The summed E-state index contributed by atoms with van der Waals surface area (Å²) in [5, 5.41) is 4.03. The fraction of sp³-hybridized carbons (Fsp3) is 0.385. The van der Waals surface area contributed by atoms with Crippen molar-refractivity contribution in [2.75, 3.05) is 0 Å². The third-order valence-electron chi connectivity index (χ3n) is 3.06. The molecule has 0 amide bonds. The van der Waals surface area contributed by atoms with Crippen molar-refractivity contribution in [2.24, 2.45) is 5.73 Å². The number of nitrogens with zero attached hydrogens (tertiary/aromatic N) is 3. The van der Waals surface area contributed by atoms with E-state index in [2.05, 4.69) is 10.1 Å². The zero-order valence-corrected chi connectivity index (χ0v) is 10.9. The van der Waals surface area contributed by atoms with Gasteiger partial charge in [-0.05, 0) is 24.6 Å². The Morgan fingerprint density at radius 3 is 2.45 bits per heavy atom. The number of benzene rings is 1. The lowest BCUT2D eigenvalue weighted by atomic mass is 10.0. The molecule has 0 fully saturated rings. The summed E-state index contributed by atoms with van der Waals surface area (Å²) in [5.41, 5.74) is 5.97. The predicted octanol–water partition coefficient (Wildman–Crippen LogP) is 2.56. The molecule has 2 rings (SSSR count). The van der Waals surface area contributed by atoms with Crippen molar-refractivity contribution < 1.29 is 13.2 Å². The third-order valence-corrected chi connectivity index (χ3v) is 3.06. The predicted molar refractivity (Wildman–Crippen MR) is 67.8 cm³/mol. The van der Waals surface area contributed by atoms with Gasteiger partial charge in [0.05, 0.1) is 5.56 Å². The minimum Gasteiger partial charge on any atom is -0.324 e. The summed E-state index contributed by atoms with van der Waals surface area (Å²) in [4.78, 5) is 4.10. The molecule has 1 aromatic heterocycles. The first-order valence-corrected chi connectivity index (χ1v) is 6.21. The van der Waals surface area contributed by atoms with Crippen LogP contribution in [0.4, 0.5) is 13.2 Å². The van der Waals surface area contributed by atoms with E-state index in [4.69, 9.17) is 5.73 Å². The van der Waals surface area contributed by atoms with Gasteiger partial charge in [0.15, 0.2) is 0 Å². The highest BCUT2D eigenvalue weighted by Crippen LogP contribution is 2.29. The van der Waals surface area contributed by atoms with Crippen LogP contribution in [0, 0.1) is 0 Å². The van der Waals surface area contributed by atoms with Gasteiger partial charge in [-0.25, -0.2) is 4.98 Å². The summed E-state index contributed by atoms with van der Waals surface area (Å²) in [6.45, 7) is 2.61. The molecule has 0 radical (unpaired) electrons. The van der Waals surface area contributed by atoms with Gasteiger partial charge >= 0.3 is 6.18 Å². The van der Waals surface area contributed by atoms with Crippen LogP contribution in [0.1, 0.15) is 29.9 Å². The minimum absolute atomic E-state index is 0.410. The summed E-state index contributed by atoms with van der Waals surface area (Å²) in [5.74, 6) is 0.722. The van der Waals surface area contributed by atoms with Crippen molar-refractivity contribution in [3.05, 3.63) is 47.5 Å². The van der Waals surface area contributed by atoms with Crippen LogP contribution < -0.4 is 5.73 Å². The molecule has 0 bridgehead atoms. The van der Waals surface area contributed by atoms with Crippen LogP contribution >= 0.6 is 0 Å². The van der Waals surface area contributed by atoms with Crippen LogP contribution in [0.2, 0.25) is 0 Å². The van der Waals surface area contributed by atoms with Crippen molar-refractivity contribution in [2.45, 2.75) is 32.1 Å². The molecular weight excluding hydrogens is 269 g/mol. The Morgan fingerprint density at radius 1 is 1.25 bits per heavy atom. The fourth-order valence-corrected chi connectivity index (χ4v) is 1.94. The second kappa shape index (κ2) is 5.62. The van der Waals surface area contributed by atoms with E-state index in [1.807, 2.05) is 6.92 Å². The van der Waals surface area contributed by atoms with Crippen LogP contribution in [-0.4, -0.2) is 14.8 Å². The maximum absolute atomic E-state index is 12.5. The Labute approximate surface area is 114 Å². The molecule has 108 valence electrons. The van der Waals surface area contributed by atoms with Gasteiger partial charge in [0.25, 0.3) is 0 Å². The molecule has 1 unspecified atom stereocenters. The van der Waals surface area contributed by atoms with Gasteiger partial charge in [-0.15, -0.1) is 0 Å². The molecule has 2 aromatic rings. The summed E-state index contributed by atoms with van der Waals surface area (Å²) < 4.78 is 39.1. The van der Waals surface area contributed by atoms with Gasteiger partial charge in [-0.2, -0.15) is 18.3 Å². The first kappa shape index (κ1) is 14.5. The van der Waals surface area contributed by atoms with Gasteiger partial charge in [-0.3, -0.25) is 4.68 Å². The lowest BCUT2D eigenvalue weighted by Gasteiger charge is -2.13. The van der Waals surface area contributed by atoms with Gasteiger partial charge in [-0.1, -0.05) is 12.1 Å². The van der Waals surface area contributed by atoms with Crippen LogP contribution in [0.5, 0.6) is 0 Å². The lowest BCUT2D eigenvalue weighted by molar-refractivity contribution is -0.137. The third kappa shape index (κ3) is 3.16. The first-order chi connectivity index (χ1) is 9.41. The molecule has 0 aliphatic carbocycles. The largest absolute Gasteiger partial charge is 0.416 e. The molecule has 1 heterocycles. The molecule has 4 nitrogen and oxygen atoms in total. The second-order valence-electron chi connectivity index (χ2n) is 4.42. The molecule has 2 N–H and O–H groups in total. The average Bonchev–Trinajstić information content (AvgIpc) is 2.85. The molecule has 1 aromatic carbocycles. The number of alkyl halides is 3. The van der Waals surface area contributed by atoms with Gasteiger partial charge in [0, 0.05) is 19.0 Å². The van der Waals surface area contributed by atoms with E-state index in [9.17, 15) is 13.2 Å². The molecule has 0 aliphatic rings. The Bertz CT molecular complexity index is 560. The fourth-order valence-electron chi connectivity index (χ4n) is 1.94. The Hall–Kier alpha value is -1.89. The molecule has 20 heavy (non-hydrogen) atoms.